The van der Waals surface area contributed by atoms with E-state index in [1.54, 1.807) is 6.07 Å². The zero-order valence-electron chi connectivity index (χ0n) is 13.2. The van der Waals surface area contributed by atoms with Gasteiger partial charge in [-0.1, -0.05) is 20.8 Å². The molecule has 1 aromatic carbocycles. The zero-order valence-corrected chi connectivity index (χ0v) is 13.2. The molecule has 1 fully saturated rings. The van der Waals surface area contributed by atoms with Crippen molar-refractivity contribution < 1.29 is 9.18 Å². The fourth-order valence-electron chi connectivity index (χ4n) is 3.08. The lowest BCUT2D eigenvalue weighted by atomic mass is 9.77. The van der Waals surface area contributed by atoms with Gasteiger partial charge in [-0.3, -0.25) is 4.79 Å². The third kappa shape index (κ3) is 3.96. The second-order valence-electron chi connectivity index (χ2n) is 7.06. The highest BCUT2D eigenvalue weighted by molar-refractivity contribution is 5.95. The summed E-state index contributed by atoms with van der Waals surface area (Å²) in [5.74, 6) is 0.0457. The number of carbonyl (C=O) groups excluding carboxylic acids is 1. The molecule has 1 aliphatic heterocycles. The van der Waals surface area contributed by atoms with Gasteiger partial charge >= 0.3 is 0 Å². The molecule has 1 unspecified atom stereocenters. The number of benzene rings is 1. The first-order chi connectivity index (χ1) is 9.77. The SMILES string of the molecule is CC(C)(C)C1CCCN(C(=O)c2cc(N)cc(F)c2)CC1. The molecule has 0 aromatic heterocycles. The average molecular weight is 292 g/mol. The smallest absolute Gasteiger partial charge is 0.254 e. The van der Waals surface area contributed by atoms with Crippen LogP contribution in [0.5, 0.6) is 0 Å². The van der Waals surface area contributed by atoms with Gasteiger partial charge in [-0.15, -0.1) is 0 Å². The highest BCUT2D eigenvalue weighted by Gasteiger charge is 2.28. The Labute approximate surface area is 126 Å². The molecule has 0 radical (unpaired) electrons. The van der Waals surface area contributed by atoms with Gasteiger partial charge < -0.3 is 10.6 Å². The minimum Gasteiger partial charge on any atom is -0.399 e. The summed E-state index contributed by atoms with van der Waals surface area (Å²) in [7, 11) is 0. The molecule has 2 rings (SSSR count). The Morgan fingerprint density at radius 3 is 2.57 bits per heavy atom. The van der Waals surface area contributed by atoms with Crippen LogP contribution in [-0.2, 0) is 0 Å². The Bertz CT molecular complexity index is 502. The number of nitrogens with two attached hydrogens (primary N) is 1. The number of hydrogen-bond donors (Lipinski definition) is 1. The van der Waals surface area contributed by atoms with E-state index in [0.29, 0.717) is 17.2 Å². The molecule has 0 spiro atoms. The number of likely N-dealkylation sites (tertiary alicyclic amines) is 1. The van der Waals surface area contributed by atoms with E-state index in [0.717, 1.165) is 32.4 Å². The molecule has 3 nitrogen and oxygen atoms in total. The largest absolute Gasteiger partial charge is 0.399 e. The molecule has 0 saturated carbocycles. The molecule has 1 aromatic rings. The van der Waals surface area contributed by atoms with E-state index in [9.17, 15) is 9.18 Å². The number of amides is 1. The molecule has 1 amide bonds. The summed E-state index contributed by atoms with van der Waals surface area (Å²) in [5.41, 5.74) is 6.53. The Hall–Kier alpha value is -1.58. The summed E-state index contributed by atoms with van der Waals surface area (Å²) in [6.07, 6.45) is 3.14. The van der Waals surface area contributed by atoms with Crippen molar-refractivity contribution in [3.05, 3.63) is 29.6 Å². The van der Waals surface area contributed by atoms with E-state index >= 15 is 0 Å². The zero-order chi connectivity index (χ0) is 15.6. The molecule has 2 N–H and O–H groups in total. The Morgan fingerprint density at radius 1 is 1.24 bits per heavy atom. The molecule has 1 aliphatic rings. The average Bonchev–Trinajstić information content (AvgIpc) is 2.61. The number of carbonyl (C=O) groups is 1. The van der Waals surface area contributed by atoms with E-state index in [1.807, 2.05) is 4.90 Å². The summed E-state index contributed by atoms with van der Waals surface area (Å²) in [5, 5.41) is 0. The third-order valence-electron chi connectivity index (χ3n) is 4.41. The lowest BCUT2D eigenvalue weighted by Gasteiger charge is -2.29. The van der Waals surface area contributed by atoms with Crippen LogP contribution in [0.25, 0.3) is 0 Å². The summed E-state index contributed by atoms with van der Waals surface area (Å²) in [4.78, 5) is 14.4. The van der Waals surface area contributed by atoms with Crippen LogP contribution in [-0.4, -0.2) is 23.9 Å². The van der Waals surface area contributed by atoms with Crippen LogP contribution in [0.1, 0.15) is 50.4 Å². The molecule has 116 valence electrons. The van der Waals surface area contributed by atoms with Gasteiger partial charge in [0.1, 0.15) is 5.82 Å². The Kier molecular flexibility index (Phi) is 4.55. The fraction of sp³-hybridized carbons (Fsp3) is 0.588. The van der Waals surface area contributed by atoms with Crippen molar-refractivity contribution in [2.24, 2.45) is 11.3 Å². The van der Waals surface area contributed by atoms with Crippen LogP contribution < -0.4 is 5.73 Å². The lowest BCUT2D eigenvalue weighted by molar-refractivity contribution is 0.0755. The predicted molar refractivity (Wildman–Crippen MR) is 83.5 cm³/mol. The van der Waals surface area contributed by atoms with E-state index in [4.69, 9.17) is 5.73 Å². The number of hydrogen-bond acceptors (Lipinski definition) is 2. The van der Waals surface area contributed by atoms with Crippen LogP contribution in [0.2, 0.25) is 0 Å². The molecule has 1 atom stereocenters. The summed E-state index contributed by atoms with van der Waals surface area (Å²) in [6, 6.07) is 4.05. The quantitative estimate of drug-likeness (QED) is 0.802. The maximum absolute atomic E-state index is 13.4. The van der Waals surface area contributed by atoms with Crippen molar-refractivity contribution >= 4 is 11.6 Å². The van der Waals surface area contributed by atoms with Gasteiger partial charge in [-0.2, -0.15) is 0 Å². The lowest BCUT2D eigenvalue weighted by Crippen LogP contribution is -2.32. The second-order valence-corrected chi connectivity index (χ2v) is 7.06. The highest BCUT2D eigenvalue weighted by atomic mass is 19.1. The molecule has 1 heterocycles. The van der Waals surface area contributed by atoms with E-state index in [-0.39, 0.29) is 11.3 Å². The van der Waals surface area contributed by atoms with Gasteiger partial charge in [0.15, 0.2) is 0 Å². The fourth-order valence-corrected chi connectivity index (χ4v) is 3.08. The monoisotopic (exact) mass is 292 g/mol. The van der Waals surface area contributed by atoms with Crippen molar-refractivity contribution in [1.82, 2.24) is 4.90 Å². The van der Waals surface area contributed by atoms with Crippen molar-refractivity contribution in [3.8, 4) is 0 Å². The maximum atomic E-state index is 13.4. The molecular weight excluding hydrogens is 267 g/mol. The van der Waals surface area contributed by atoms with Gasteiger partial charge in [0.05, 0.1) is 0 Å². The second kappa shape index (κ2) is 6.04. The van der Waals surface area contributed by atoms with Crippen LogP contribution in [0, 0.1) is 17.2 Å². The predicted octanol–water partition coefficient (Wildman–Crippen LogP) is 3.70. The summed E-state index contributed by atoms with van der Waals surface area (Å²) < 4.78 is 13.4. The van der Waals surface area contributed by atoms with Crippen LogP contribution >= 0.6 is 0 Å². The van der Waals surface area contributed by atoms with Crippen LogP contribution in [0.4, 0.5) is 10.1 Å². The molecule has 21 heavy (non-hydrogen) atoms. The maximum Gasteiger partial charge on any atom is 0.254 e. The van der Waals surface area contributed by atoms with E-state index in [2.05, 4.69) is 20.8 Å². The first kappa shape index (κ1) is 15.8. The van der Waals surface area contributed by atoms with Crippen molar-refractivity contribution in [2.75, 3.05) is 18.8 Å². The third-order valence-corrected chi connectivity index (χ3v) is 4.41. The number of rotatable bonds is 1. The van der Waals surface area contributed by atoms with Crippen LogP contribution in [0.15, 0.2) is 18.2 Å². The molecule has 1 saturated heterocycles. The van der Waals surface area contributed by atoms with Gasteiger partial charge in [-0.05, 0) is 48.8 Å². The van der Waals surface area contributed by atoms with Crippen LogP contribution in [0.3, 0.4) is 0 Å². The topological polar surface area (TPSA) is 46.3 Å². The van der Waals surface area contributed by atoms with E-state index in [1.165, 1.54) is 12.1 Å². The first-order valence-electron chi connectivity index (χ1n) is 7.63. The van der Waals surface area contributed by atoms with Gasteiger partial charge in [0.25, 0.3) is 5.91 Å². The van der Waals surface area contributed by atoms with Gasteiger partial charge in [-0.25, -0.2) is 4.39 Å². The number of nitrogens with zero attached hydrogens (tertiary/aromatic N) is 1. The van der Waals surface area contributed by atoms with E-state index < -0.39 is 5.82 Å². The standard InChI is InChI=1S/C17H25FN2O/c1-17(2,3)13-5-4-7-20(8-6-13)16(21)12-9-14(18)11-15(19)10-12/h9-11,13H,4-8,19H2,1-3H3. The number of halogens is 1. The number of anilines is 1. The minimum atomic E-state index is -0.458. The van der Waals surface area contributed by atoms with Gasteiger partial charge in [0, 0.05) is 24.3 Å². The molecule has 4 heteroatoms. The molecule has 0 aliphatic carbocycles. The van der Waals surface area contributed by atoms with Crippen molar-refractivity contribution in [2.45, 2.75) is 40.0 Å². The normalized spacial score (nSPS) is 20.2. The highest BCUT2D eigenvalue weighted by Crippen LogP contribution is 2.34. The Balaban J connectivity index is 2.10. The van der Waals surface area contributed by atoms with Crippen molar-refractivity contribution in [3.63, 3.8) is 0 Å². The van der Waals surface area contributed by atoms with Gasteiger partial charge in [0.2, 0.25) is 0 Å². The number of nitrogen functional groups attached to an aromatic ring is 1. The molecule has 0 bridgehead atoms. The molecular formula is C17H25FN2O. The Morgan fingerprint density at radius 2 is 1.95 bits per heavy atom. The summed E-state index contributed by atoms with van der Waals surface area (Å²) in [6.45, 7) is 8.23. The van der Waals surface area contributed by atoms with Crippen molar-refractivity contribution in [1.29, 1.82) is 0 Å². The summed E-state index contributed by atoms with van der Waals surface area (Å²) >= 11 is 0. The first-order valence-corrected chi connectivity index (χ1v) is 7.63. The minimum absolute atomic E-state index is 0.115.